The van der Waals surface area contributed by atoms with Crippen LogP contribution in [-0.4, -0.2) is 15.5 Å². The number of H-pyrrole nitrogens is 1. The lowest BCUT2D eigenvalue weighted by atomic mass is 9.91. The summed E-state index contributed by atoms with van der Waals surface area (Å²) in [4.78, 5) is 15.9. The number of benzene rings is 1. The van der Waals surface area contributed by atoms with Crippen LogP contribution in [0.25, 0.3) is 10.9 Å². The first-order chi connectivity index (χ1) is 12.8. The van der Waals surface area contributed by atoms with Gasteiger partial charge < -0.3 is 14.9 Å². The summed E-state index contributed by atoms with van der Waals surface area (Å²) in [6, 6.07) is 12.7. The Bertz CT molecular complexity index is 863. The lowest BCUT2D eigenvalue weighted by molar-refractivity contribution is -0.122. The van der Waals surface area contributed by atoms with Gasteiger partial charge in [0.2, 0.25) is 5.91 Å². The van der Waals surface area contributed by atoms with Crippen molar-refractivity contribution in [2.75, 3.05) is 0 Å². The molecule has 1 amide bonds. The topological polar surface area (TPSA) is 49.8 Å². The van der Waals surface area contributed by atoms with Crippen molar-refractivity contribution in [1.82, 2.24) is 14.9 Å². The molecule has 4 heteroatoms. The molecule has 2 heterocycles. The third kappa shape index (κ3) is 3.69. The number of nitrogens with zero attached hydrogens (tertiary/aromatic N) is 1. The Morgan fingerprint density at radius 1 is 1.12 bits per heavy atom. The van der Waals surface area contributed by atoms with Crippen LogP contribution >= 0.6 is 0 Å². The van der Waals surface area contributed by atoms with E-state index in [1.54, 1.807) is 0 Å². The van der Waals surface area contributed by atoms with E-state index in [2.05, 4.69) is 63.7 Å². The normalized spacial score (nSPS) is 16.5. The molecule has 0 radical (unpaired) electrons. The van der Waals surface area contributed by atoms with Gasteiger partial charge >= 0.3 is 0 Å². The van der Waals surface area contributed by atoms with Gasteiger partial charge in [0.15, 0.2) is 0 Å². The van der Waals surface area contributed by atoms with Crippen LogP contribution in [0.1, 0.15) is 55.8 Å². The molecular weight excluding hydrogens is 322 g/mol. The SMILES string of the molecule is O=C(CCCCCn1cccc1)NC1CCCc2c1[nH]c1ccccc21. The van der Waals surface area contributed by atoms with E-state index in [4.69, 9.17) is 0 Å². The summed E-state index contributed by atoms with van der Waals surface area (Å²) in [5.41, 5.74) is 3.80. The molecule has 2 aromatic heterocycles. The van der Waals surface area contributed by atoms with E-state index in [0.29, 0.717) is 6.42 Å². The Balaban J connectivity index is 1.28. The minimum absolute atomic E-state index is 0.138. The van der Waals surface area contributed by atoms with Gasteiger partial charge in [0.05, 0.1) is 6.04 Å². The monoisotopic (exact) mass is 349 g/mol. The lowest BCUT2D eigenvalue weighted by Crippen LogP contribution is -2.30. The van der Waals surface area contributed by atoms with Crippen LogP contribution in [0.5, 0.6) is 0 Å². The van der Waals surface area contributed by atoms with Crippen molar-refractivity contribution in [3.05, 3.63) is 60.0 Å². The summed E-state index contributed by atoms with van der Waals surface area (Å²) < 4.78 is 2.19. The molecule has 3 aromatic rings. The predicted molar refractivity (Wildman–Crippen MR) is 105 cm³/mol. The number of hydrogen-bond donors (Lipinski definition) is 2. The van der Waals surface area contributed by atoms with Gasteiger partial charge in [-0.05, 0) is 55.9 Å². The number of aromatic nitrogens is 2. The second kappa shape index (κ2) is 7.81. The third-order valence-electron chi connectivity index (χ3n) is 5.44. The molecule has 1 aliphatic rings. The third-order valence-corrected chi connectivity index (χ3v) is 5.44. The second-order valence-electron chi connectivity index (χ2n) is 7.31. The van der Waals surface area contributed by atoms with Gasteiger partial charge in [-0.3, -0.25) is 4.79 Å². The van der Waals surface area contributed by atoms with Crippen molar-refractivity contribution in [3.8, 4) is 0 Å². The molecule has 136 valence electrons. The van der Waals surface area contributed by atoms with E-state index < -0.39 is 0 Å². The molecule has 1 aromatic carbocycles. The quantitative estimate of drug-likeness (QED) is 0.596. The molecule has 1 unspecified atom stereocenters. The molecule has 26 heavy (non-hydrogen) atoms. The van der Waals surface area contributed by atoms with Crippen molar-refractivity contribution in [1.29, 1.82) is 0 Å². The number of aryl methyl sites for hydroxylation is 2. The highest BCUT2D eigenvalue weighted by Gasteiger charge is 2.25. The zero-order valence-corrected chi connectivity index (χ0v) is 15.2. The summed E-state index contributed by atoms with van der Waals surface area (Å²) >= 11 is 0. The second-order valence-corrected chi connectivity index (χ2v) is 7.31. The number of hydrogen-bond acceptors (Lipinski definition) is 1. The zero-order valence-electron chi connectivity index (χ0n) is 15.2. The number of aromatic amines is 1. The zero-order chi connectivity index (χ0) is 17.8. The first-order valence-electron chi connectivity index (χ1n) is 9.81. The summed E-state index contributed by atoms with van der Waals surface area (Å²) in [5.74, 6) is 0.183. The van der Waals surface area contributed by atoms with Crippen molar-refractivity contribution in [2.24, 2.45) is 0 Å². The highest BCUT2D eigenvalue weighted by molar-refractivity contribution is 5.85. The van der Waals surface area contributed by atoms with E-state index in [9.17, 15) is 4.79 Å². The van der Waals surface area contributed by atoms with E-state index >= 15 is 0 Å². The van der Waals surface area contributed by atoms with Crippen LogP contribution in [0.3, 0.4) is 0 Å². The van der Waals surface area contributed by atoms with Gasteiger partial charge in [-0.1, -0.05) is 24.6 Å². The number of carbonyl (C=O) groups excluding carboxylic acids is 1. The molecular formula is C22H27N3O. The van der Waals surface area contributed by atoms with Crippen LogP contribution in [0.4, 0.5) is 0 Å². The molecule has 0 spiro atoms. The van der Waals surface area contributed by atoms with Crippen molar-refractivity contribution in [2.45, 2.75) is 57.5 Å². The fourth-order valence-electron chi connectivity index (χ4n) is 4.10. The van der Waals surface area contributed by atoms with Crippen LogP contribution in [-0.2, 0) is 17.8 Å². The van der Waals surface area contributed by atoms with Gasteiger partial charge in [0.25, 0.3) is 0 Å². The molecule has 0 saturated heterocycles. The molecule has 2 N–H and O–H groups in total. The number of rotatable bonds is 7. The van der Waals surface area contributed by atoms with Gasteiger partial charge in [0.1, 0.15) is 0 Å². The number of unbranched alkanes of at least 4 members (excludes halogenated alkanes) is 2. The highest BCUT2D eigenvalue weighted by atomic mass is 16.1. The van der Waals surface area contributed by atoms with E-state index in [1.165, 1.54) is 22.2 Å². The molecule has 0 bridgehead atoms. The maximum absolute atomic E-state index is 12.4. The molecule has 1 atom stereocenters. The predicted octanol–water partition coefficient (Wildman–Crippen LogP) is 4.72. The molecule has 0 aliphatic heterocycles. The van der Waals surface area contributed by atoms with Gasteiger partial charge in [-0.15, -0.1) is 0 Å². The maximum atomic E-state index is 12.4. The number of carbonyl (C=O) groups is 1. The smallest absolute Gasteiger partial charge is 0.220 e. The van der Waals surface area contributed by atoms with Crippen molar-refractivity contribution < 1.29 is 4.79 Å². The Hall–Kier alpha value is -2.49. The van der Waals surface area contributed by atoms with E-state index in [-0.39, 0.29) is 11.9 Å². The average Bonchev–Trinajstić information content (AvgIpc) is 3.29. The Labute approximate surface area is 154 Å². The van der Waals surface area contributed by atoms with Crippen LogP contribution in [0.2, 0.25) is 0 Å². The van der Waals surface area contributed by atoms with Crippen LogP contribution in [0, 0.1) is 0 Å². The number of para-hydroxylation sites is 1. The first-order valence-corrected chi connectivity index (χ1v) is 9.81. The van der Waals surface area contributed by atoms with Gasteiger partial charge in [-0.25, -0.2) is 0 Å². The summed E-state index contributed by atoms with van der Waals surface area (Å²) in [5, 5.41) is 4.58. The fourth-order valence-corrected chi connectivity index (χ4v) is 4.10. The molecule has 0 saturated carbocycles. The van der Waals surface area contributed by atoms with Crippen molar-refractivity contribution in [3.63, 3.8) is 0 Å². The minimum atomic E-state index is 0.138. The molecule has 1 aliphatic carbocycles. The number of nitrogens with one attached hydrogen (secondary N) is 2. The molecule has 0 fully saturated rings. The van der Waals surface area contributed by atoms with E-state index in [1.807, 2.05) is 0 Å². The number of amides is 1. The first kappa shape index (κ1) is 17.0. The largest absolute Gasteiger partial charge is 0.356 e. The molecule has 4 rings (SSSR count). The maximum Gasteiger partial charge on any atom is 0.220 e. The summed E-state index contributed by atoms with van der Waals surface area (Å²) in [6.45, 7) is 1.04. The van der Waals surface area contributed by atoms with Crippen molar-refractivity contribution >= 4 is 16.8 Å². The van der Waals surface area contributed by atoms with E-state index in [0.717, 1.165) is 45.1 Å². The molecule has 4 nitrogen and oxygen atoms in total. The van der Waals surface area contributed by atoms with Crippen LogP contribution < -0.4 is 5.32 Å². The summed E-state index contributed by atoms with van der Waals surface area (Å²) in [6.07, 6.45) is 11.2. The lowest BCUT2D eigenvalue weighted by Gasteiger charge is -2.24. The Morgan fingerprint density at radius 3 is 2.85 bits per heavy atom. The van der Waals surface area contributed by atoms with Crippen LogP contribution in [0.15, 0.2) is 48.8 Å². The Morgan fingerprint density at radius 2 is 1.96 bits per heavy atom. The number of fused-ring (bicyclic) bond motifs is 3. The highest BCUT2D eigenvalue weighted by Crippen LogP contribution is 2.34. The Kier molecular flexibility index (Phi) is 5.09. The van der Waals surface area contributed by atoms with Gasteiger partial charge in [0, 0.05) is 42.0 Å². The standard InChI is InChI=1S/C22H27N3O/c26-21(13-2-1-5-14-25-15-6-7-16-25)23-20-12-8-10-18-17-9-3-4-11-19(17)24-22(18)20/h3-4,6-7,9,11,15-16,20,24H,1-2,5,8,10,12-14H2,(H,23,26). The van der Waals surface area contributed by atoms with Gasteiger partial charge in [-0.2, -0.15) is 0 Å². The fraction of sp³-hybridized carbons (Fsp3) is 0.409. The minimum Gasteiger partial charge on any atom is -0.356 e. The summed E-state index contributed by atoms with van der Waals surface area (Å²) in [7, 11) is 0. The average molecular weight is 349 g/mol.